The van der Waals surface area contributed by atoms with Crippen molar-refractivity contribution >= 4 is 11.8 Å². The minimum Gasteiger partial charge on any atom is -0.472 e. The van der Waals surface area contributed by atoms with Gasteiger partial charge in [-0.2, -0.15) is 0 Å². The summed E-state index contributed by atoms with van der Waals surface area (Å²) >= 11 is 0. The van der Waals surface area contributed by atoms with Crippen molar-refractivity contribution in [3.63, 3.8) is 0 Å². The highest BCUT2D eigenvalue weighted by molar-refractivity contribution is 5.89. The Balaban J connectivity index is 1.89. The minimum absolute atomic E-state index is 0.0369. The lowest BCUT2D eigenvalue weighted by molar-refractivity contribution is -0.148. The molecule has 0 bridgehead atoms. The van der Waals surface area contributed by atoms with Crippen LogP contribution in [0.1, 0.15) is 43.4 Å². The van der Waals surface area contributed by atoms with Gasteiger partial charge in [-0.25, -0.2) is 0 Å². The lowest BCUT2D eigenvalue weighted by Gasteiger charge is -2.36. The highest BCUT2D eigenvalue weighted by Crippen LogP contribution is 2.28. The number of carbonyl (C=O) groups excluding carboxylic acids is 2. The van der Waals surface area contributed by atoms with Crippen LogP contribution in [-0.2, 0) is 16.1 Å². The van der Waals surface area contributed by atoms with E-state index in [1.807, 2.05) is 43.3 Å². The predicted octanol–water partition coefficient (Wildman–Crippen LogP) is 3.38. The molecule has 5 heteroatoms. The summed E-state index contributed by atoms with van der Waals surface area (Å²) in [5.74, 6) is 0.0259. The quantitative estimate of drug-likeness (QED) is 0.810. The van der Waals surface area contributed by atoms with Gasteiger partial charge >= 0.3 is 0 Å². The van der Waals surface area contributed by atoms with Crippen molar-refractivity contribution in [2.75, 3.05) is 13.1 Å². The number of benzene rings is 1. The van der Waals surface area contributed by atoms with Gasteiger partial charge in [-0.1, -0.05) is 30.3 Å². The lowest BCUT2D eigenvalue weighted by Crippen LogP contribution is -2.47. The van der Waals surface area contributed by atoms with Crippen LogP contribution in [0.15, 0.2) is 53.3 Å². The molecule has 1 aromatic heterocycles. The number of furan rings is 1. The molecule has 0 spiro atoms. The van der Waals surface area contributed by atoms with Crippen molar-refractivity contribution in [2.45, 2.75) is 38.8 Å². The van der Waals surface area contributed by atoms with Crippen LogP contribution >= 0.6 is 0 Å². The number of likely N-dealkylation sites (tertiary alicyclic amines) is 1. The Labute approximate surface area is 148 Å². The van der Waals surface area contributed by atoms with Gasteiger partial charge in [0, 0.05) is 31.6 Å². The second kappa shape index (κ2) is 8.01. The zero-order chi connectivity index (χ0) is 17.6. The maximum Gasteiger partial charge on any atom is 0.250 e. The molecule has 1 aliphatic rings. The molecule has 2 aromatic rings. The van der Waals surface area contributed by atoms with Gasteiger partial charge in [0.05, 0.1) is 12.5 Å². The number of carbonyl (C=O) groups is 2. The number of piperidine rings is 1. The van der Waals surface area contributed by atoms with Crippen LogP contribution in [0.2, 0.25) is 0 Å². The van der Waals surface area contributed by atoms with Crippen molar-refractivity contribution in [3.8, 4) is 0 Å². The summed E-state index contributed by atoms with van der Waals surface area (Å²) in [5, 5.41) is 0. The van der Waals surface area contributed by atoms with E-state index < -0.39 is 6.04 Å². The highest BCUT2D eigenvalue weighted by Gasteiger charge is 2.34. The Bertz CT molecular complexity index is 697. The molecule has 1 saturated heterocycles. The Hall–Kier alpha value is -2.56. The van der Waals surface area contributed by atoms with Gasteiger partial charge in [-0.15, -0.1) is 0 Å². The van der Waals surface area contributed by atoms with E-state index in [0.717, 1.165) is 24.0 Å². The number of likely N-dealkylation sites (N-methyl/N-ethyl adjacent to an activating group) is 1. The summed E-state index contributed by atoms with van der Waals surface area (Å²) < 4.78 is 5.12. The van der Waals surface area contributed by atoms with Gasteiger partial charge in [-0.05, 0) is 31.4 Å². The molecule has 0 N–H and O–H groups in total. The van der Waals surface area contributed by atoms with Crippen LogP contribution in [0.25, 0.3) is 0 Å². The van der Waals surface area contributed by atoms with Crippen LogP contribution < -0.4 is 0 Å². The van der Waals surface area contributed by atoms with Crippen LogP contribution in [0.5, 0.6) is 0 Å². The normalized spacial score (nSPS) is 15.9. The maximum absolute atomic E-state index is 13.3. The third kappa shape index (κ3) is 3.92. The molecule has 2 heterocycles. The number of hydrogen-bond donors (Lipinski definition) is 0. The molecular weight excluding hydrogens is 316 g/mol. The number of rotatable bonds is 6. The van der Waals surface area contributed by atoms with Gasteiger partial charge < -0.3 is 14.2 Å². The molecule has 5 nitrogen and oxygen atoms in total. The molecule has 0 aliphatic carbocycles. The van der Waals surface area contributed by atoms with Crippen LogP contribution in [0, 0.1) is 0 Å². The average molecular weight is 340 g/mol. The minimum atomic E-state index is -0.555. The second-order valence-corrected chi connectivity index (χ2v) is 6.34. The zero-order valence-corrected chi connectivity index (χ0v) is 14.6. The summed E-state index contributed by atoms with van der Waals surface area (Å²) in [4.78, 5) is 29.4. The summed E-state index contributed by atoms with van der Waals surface area (Å²) in [6, 6.07) is 10.9. The van der Waals surface area contributed by atoms with Crippen molar-refractivity contribution in [3.05, 3.63) is 60.1 Å². The Kier molecular flexibility index (Phi) is 5.53. The van der Waals surface area contributed by atoms with Gasteiger partial charge in [0.25, 0.3) is 0 Å². The second-order valence-electron chi connectivity index (χ2n) is 6.34. The van der Waals surface area contributed by atoms with E-state index >= 15 is 0 Å². The van der Waals surface area contributed by atoms with Gasteiger partial charge in [0.15, 0.2) is 0 Å². The third-order valence-electron chi connectivity index (χ3n) is 4.67. The SMILES string of the molecule is CCN(Cc1ccoc1)C(=O)[C@@H](c1ccccc1)N1CCCCC1=O. The molecule has 0 unspecified atom stereocenters. The summed E-state index contributed by atoms with van der Waals surface area (Å²) in [7, 11) is 0. The molecule has 1 atom stereocenters. The van der Waals surface area contributed by atoms with Crippen molar-refractivity contribution in [1.29, 1.82) is 0 Å². The van der Waals surface area contributed by atoms with Gasteiger partial charge in [-0.3, -0.25) is 9.59 Å². The van der Waals surface area contributed by atoms with Crippen molar-refractivity contribution in [1.82, 2.24) is 9.80 Å². The third-order valence-corrected chi connectivity index (χ3v) is 4.67. The Morgan fingerprint density at radius 3 is 2.68 bits per heavy atom. The fourth-order valence-corrected chi connectivity index (χ4v) is 3.31. The highest BCUT2D eigenvalue weighted by atomic mass is 16.3. The Morgan fingerprint density at radius 1 is 1.24 bits per heavy atom. The fraction of sp³-hybridized carbons (Fsp3) is 0.400. The molecule has 132 valence electrons. The zero-order valence-electron chi connectivity index (χ0n) is 14.6. The number of amides is 2. The van der Waals surface area contributed by atoms with E-state index in [2.05, 4.69) is 0 Å². The molecule has 25 heavy (non-hydrogen) atoms. The maximum atomic E-state index is 13.3. The van der Waals surface area contributed by atoms with E-state index in [1.54, 1.807) is 22.3 Å². The van der Waals surface area contributed by atoms with Crippen molar-refractivity contribution in [2.24, 2.45) is 0 Å². The summed E-state index contributed by atoms with van der Waals surface area (Å²) in [5.41, 5.74) is 1.82. The predicted molar refractivity (Wildman–Crippen MR) is 94.5 cm³/mol. The Morgan fingerprint density at radius 2 is 2.04 bits per heavy atom. The topological polar surface area (TPSA) is 53.8 Å². The van der Waals surface area contributed by atoms with Gasteiger partial charge in [0.2, 0.25) is 11.8 Å². The molecule has 0 saturated carbocycles. The molecule has 3 rings (SSSR count). The standard InChI is InChI=1S/C20H24N2O3/c1-2-21(14-16-11-13-25-15-16)20(24)19(17-8-4-3-5-9-17)22-12-7-6-10-18(22)23/h3-5,8-9,11,13,15,19H,2,6-7,10,12,14H2,1H3/t19-/m1/s1. The molecule has 1 aliphatic heterocycles. The first-order valence-corrected chi connectivity index (χ1v) is 8.85. The first kappa shape index (κ1) is 17.3. The molecule has 0 radical (unpaired) electrons. The van der Waals surface area contributed by atoms with Crippen molar-refractivity contribution < 1.29 is 14.0 Å². The average Bonchev–Trinajstić information content (AvgIpc) is 3.15. The molecule has 1 fully saturated rings. The van der Waals surface area contributed by atoms with Crippen LogP contribution in [0.3, 0.4) is 0 Å². The number of hydrogen-bond acceptors (Lipinski definition) is 3. The van der Waals surface area contributed by atoms with Crippen LogP contribution in [-0.4, -0.2) is 34.7 Å². The van der Waals surface area contributed by atoms with Gasteiger partial charge in [0.1, 0.15) is 6.04 Å². The first-order valence-electron chi connectivity index (χ1n) is 8.85. The largest absolute Gasteiger partial charge is 0.472 e. The van der Waals surface area contributed by atoms with E-state index in [9.17, 15) is 9.59 Å². The van der Waals surface area contributed by atoms with E-state index in [0.29, 0.717) is 26.1 Å². The summed E-state index contributed by atoms with van der Waals surface area (Å²) in [6.07, 6.45) is 5.62. The molecule has 1 aromatic carbocycles. The lowest BCUT2D eigenvalue weighted by atomic mass is 9.99. The molecule has 2 amide bonds. The summed E-state index contributed by atoms with van der Waals surface area (Å²) in [6.45, 7) is 3.65. The van der Waals surface area contributed by atoms with E-state index in [4.69, 9.17) is 4.42 Å². The van der Waals surface area contributed by atoms with Crippen LogP contribution in [0.4, 0.5) is 0 Å². The smallest absolute Gasteiger partial charge is 0.250 e. The van der Waals surface area contributed by atoms with E-state index in [-0.39, 0.29) is 11.8 Å². The fourth-order valence-electron chi connectivity index (χ4n) is 3.31. The monoisotopic (exact) mass is 340 g/mol. The first-order chi connectivity index (χ1) is 12.2. The van der Waals surface area contributed by atoms with E-state index in [1.165, 1.54) is 0 Å². The number of nitrogens with zero attached hydrogens (tertiary/aromatic N) is 2. The molecular formula is C20H24N2O3.